The van der Waals surface area contributed by atoms with Gasteiger partial charge < -0.3 is 19.9 Å². The molecule has 1 aromatic heterocycles. The molecule has 6 heteroatoms. The molecule has 1 N–H and O–H groups in total. The Labute approximate surface area is 155 Å². The zero-order valence-corrected chi connectivity index (χ0v) is 16.4. The molecule has 1 fully saturated rings. The summed E-state index contributed by atoms with van der Waals surface area (Å²) in [5.41, 5.74) is 1.25. The van der Waals surface area contributed by atoms with Crippen LogP contribution < -0.4 is 10.1 Å². The molecule has 1 saturated heterocycles. The predicted molar refractivity (Wildman–Crippen MR) is 103 cm³/mol. The van der Waals surface area contributed by atoms with Crippen molar-refractivity contribution in [2.24, 2.45) is 0 Å². The predicted octanol–water partition coefficient (Wildman–Crippen LogP) is 3.48. The van der Waals surface area contributed by atoms with Crippen LogP contribution in [0.15, 0.2) is 6.07 Å². The van der Waals surface area contributed by atoms with E-state index in [1.54, 1.807) is 11.3 Å². The van der Waals surface area contributed by atoms with Gasteiger partial charge in [0.2, 0.25) is 0 Å². The second-order valence-electron chi connectivity index (χ2n) is 7.39. The van der Waals surface area contributed by atoms with Crippen molar-refractivity contribution in [1.29, 1.82) is 0 Å². The van der Waals surface area contributed by atoms with Crippen molar-refractivity contribution in [2.75, 3.05) is 32.8 Å². The summed E-state index contributed by atoms with van der Waals surface area (Å²) in [6, 6.07) is 2.35. The third kappa shape index (κ3) is 5.35. The maximum atomic E-state index is 12.2. The van der Waals surface area contributed by atoms with Crippen LogP contribution in [0.5, 0.6) is 5.06 Å². The van der Waals surface area contributed by atoms with Crippen molar-refractivity contribution in [3.8, 4) is 5.06 Å². The number of carbonyl (C=O) groups is 1. The number of carbonyl (C=O) groups excluding carboxylic acids is 1. The van der Waals surface area contributed by atoms with Crippen molar-refractivity contribution >= 4 is 17.4 Å². The third-order valence-corrected chi connectivity index (χ3v) is 6.00. The first-order chi connectivity index (χ1) is 12.1. The molecule has 0 saturated carbocycles. The van der Waals surface area contributed by atoms with Gasteiger partial charge in [0.15, 0.2) is 5.06 Å². The zero-order valence-electron chi connectivity index (χ0n) is 15.6. The van der Waals surface area contributed by atoms with Gasteiger partial charge in [-0.3, -0.25) is 0 Å². The summed E-state index contributed by atoms with van der Waals surface area (Å²) in [6.07, 6.45) is 6.10. The van der Waals surface area contributed by atoms with Crippen LogP contribution in [0.2, 0.25) is 0 Å². The fourth-order valence-electron chi connectivity index (χ4n) is 3.53. The number of piperidine rings is 1. The molecule has 0 radical (unpaired) electrons. The number of hydrogen-bond acceptors (Lipinski definition) is 4. The molecule has 0 aliphatic carbocycles. The topological polar surface area (TPSA) is 44.8 Å². The third-order valence-electron chi connectivity index (χ3n) is 4.86. The summed E-state index contributed by atoms with van der Waals surface area (Å²) in [4.78, 5) is 18.0. The van der Waals surface area contributed by atoms with E-state index in [4.69, 9.17) is 4.74 Å². The maximum Gasteiger partial charge on any atom is 0.317 e. The van der Waals surface area contributed by atoms with Crippen LogP contribution in [0, 0.1) is 0 Å². The molecule has 0 atom stereocenters. The Bertz CT molecular complexity index is 567. The van der Waals surface area contributed by atoms with E-state index in [9.17, 15) is 4.79 Å². The van der Waals surface area contributed by atoms with Crippen molar-refractivity contribution in [3.63, 3.8) is 0 Å². The lowest BCUT2D eigenvalue weighted by atomic mass is 10.1. The fraction of sp³-hybridized carbons (Fsp3) is 0.737. The van der Waals surface area contributed by atoms with E-state index in [-0.39, 0.29) is 12.1 Å². The average Bonchev–Trinajstić information content (AvgIpc) is 3.01. The molecule has 2 aliphatic rings. The van der Waals surface area contributed by atoms with E-state index in [1.165, 1.54) is 42.8 Å². The standard InChI is InChI=1S/C19H31N3O2S/c1-15(2)20-19(23)22-11-7-17-16(14-22)13-18(25-17)24-12-6-10-21-8-4-3-5-9-21/h13,15H,3-12,14H2,1-2H3,(H,20,23). The van der Waals surface area contributed by atoms with Gasteiger partial charge in [-0.1, -0.05) is 6.42 Å². The highest BCUT2D eigenvalue weighted by molar-refractivity contribution is 7.14. The molecular weight excluding hydrogens is 334 g/mol. The monoisotopic (exact) mass is 365 g/mol. The first-order valence-electron chi connectivity index (χ1n) is 9.64. The summed E-state index contributed by atoms with van der Waals surface area (Å²) in [7, 11) is 0. The minimum Gasteiger partial charge on any atom is -0.484 e. The van der Waals surface area contributed by atoms with Gasteiger partial charge >= 0.3 is 6.03 Å². The van der Waals surface area contributed by atoms with Crippen molar-refractivity contribution < 1.29 is 9.53 Å². The van der Waals surface area contributed by atoms with Gasteiger partial charge in [0, 0.05) is 30.6 Å². The normalized spacial score (nSPS) is 18.3. The quantitative estimate of drug-likeness (QED) is 0.785. The number of nitrogens with zero attached hydrogens (tertiary/aromatic N) is 2. The lowest BCUT2D eigenvalue weighted by Crippen LogP contribution is -2.44. The van der Waals surface area contributed by atoms with E-state index in [2.05, 4.69) is 16.3 Å². The molecule has 0 aromatic carbocycles. The van der Waals surface area contributed by atoms with Gasteiger partial charge in [0.25, 0.3) is 0 Å². The highest BCUT2D eigenvalue weighted by Gasteiger charge is 2.23. The van der Waals surface area contributed by atoms with Gasteiger partial charge in [-0.25, -0.2) is 4.79 Å². The minimum absolute atomic E-state index is 0.0378. The van der Waals surface area contributed by atoms with E-state index >= 15 is 0 Å². The molecule has 25 heavy (non-hydrogen) atoms. The molecule has 0 bridgehead atoms. The lowest BCUT2D eigenvalue weighted by molar-refractivity contribution is 0.190. The molecule has 0 unspecified atom stereocenters. The van der Waals surface area contributed by atoms with Crippen LogP contribution in [0.25, 0.3) is 0 Å². The number of amides is 2. The van der Waals surface area contributed by atoms with Crippen molar-refractivity contribution in [3.05, 3.63) is 16.5 Å². The molecule has 0 spiro atoms. The summed E-state index contributed by atoms with van der Waals surface area (Å²) >= 11 is 1.75. The number of rotatable bonds is 6. The fourth-order valence-corrected chi connectivity index (χ4v) is 4.57. The van der Waals surface area contributed by atoms with Crippen LogP contribution in [0.1, 0.15) is 50.0 Å². The van der Waals surface area contributed by atoms with E-state index in [1.807, 2.05) is 18.7 Å². The molecule has 3 rings (SSSR count). The Hall–Kier alpha value is -1.27. The van der Waals surface area contributed by atoms with Crippen LogP contribution in [0.3, 0.4) is 0 Å². The zero-order chi connectivity index (χ0) is 17.6. The summed E-state index contributed by atoms with van der Waals surface area (Å²) in [5.74, 6) is 0. The van der Waals surface area contributed by atoms with Gasteiger partial charge in [-0.05, 0) is 64.3 Å². The maximum absolute atomic E-state index is 12.2. The molecule has 2 amide bonds. The van der Waals surface area contributed by atoms with E-state index < -0.39 is 0 Å². The number of ether oxygens (including phenoxy) is 1. The molecule has 5 nitrogen and oxygen atoms in total. The Morgan fingerprint density at radius 1 is 1.28 bits per heavy atom. The second kappa shape index (κ2) is 8.90. The number of fused-ring (bicyclic) bond motifs is 1. The summed E-state index contributed by atoms with van der Waals surface area (Å²) in [6.45, 7) is 9.91. The number of nitrogens with one attached hydrogen (secondary N) is 1. The number of likely N-dealkylation sites (tertiary alicyclic amines) is 1. The molecule has 140 valence electrons. The highest BCUT2D eigenvalue weighted by Crippen LogP contribution is 2.33. The van der Waals surface area contributed by atoms with E-state index in [0.717, 1.165) is 37.6 Å². The second-order valence-corrected chi connectivity index (χ2v) is 8.49. The van der Waals surface area contributed by atoms with Gasteiger partial charge in [0.1, 0.15) is 0 Å². The Kier molecular flexibility index (Phi) is 6.59. The SMILES string of the molecule is CC(C)NC(=O)N1CCc2sc(OCCCN3CCCCC3)cc2C1. The molecule has 2 aliphatic heterocycles. The Morgan fingerprint density at radius 2 is 2.08 bits per heavy atom. The summed E-state index contributed by atoms with van der Waals surface area (Å²) in [5, 5.41) is 3.99. The van der Waals surface area contributed by atoms with Crippen LogP contribution in [-0.4, -0.2) is 54.7 Å². The number of hydrogen-bond donors (Lipinski definition) is 1. The van der Waals surface area contributed by atoms with Crippen LogP contribution >= 0.6 is 11.3 Å². The van der Waals surface area contributed by atoms with Gasteiger partial charge in [-0.2, -0.15) is 0 Å². The highest BCUT2D eigenvalue weighted by atomic mass is 32.1. The molecular formula is C19H31N3O2S. The Balaban J connectivity index is 1.43. The van der Waals surface area contributed by atoms with Crippen molar-refractivity contribution in [2.45, 2.75) is 58.5 Å². The van der Waals surface area contributed by atoms with Crippen LogP contribution in [0.4, 0.5) is 4.79 Å². The van der Waals surface area contributed by atoms with Crippen LogP contribution in [-0.2, 0) is 13.0 Å². The minimum atomic E-state index is 0.0378. The first kappa shape index (κ1) is 18.5. The lowest BCUT2D eigenvalue weighted by Gasteiger charge is -2.27. The van der Waals surface area contributed by atoms with E-state index in [0.29, 0.717) is 6.54 Å². The molecule has 1 aromatic rings. The first-order valence-corrected chi connectivity index (χ1v) is 10.5. The number of urea groups is 1. The Morgan fingerprint density at radius 3 is 2.84 bits per heavy atom. The molecule has 3 heterocycles. The van der Waals surface area contributed by atoms with Gasteiger partial charge in [0.05, 0.1) is 6.61 Å². The average molecular weight is 366 g/mol. The van der Waals surface area contributed by atoms with Gasteiger partial charge in [-0.15, -0.1) is 11.3 Å². The number of thiophene rings is 1. The smallest absolute Gasteiger partial charge is 0.317 e. The van der Waals surface area contributed by atoms with Crippen molar-refractivity contribution in [1.82, 2.24) is 15.1 Å². The summed E-state index contributed by atoms with van der Waals surface area (Å²) < 4.78 is 5.98. The largest absolute Gasteiger partial charge is 0.484 e.